The van der Waals surface area contributed by atoms with E-state index in [2.05, 4.69) is 20.7 Å². The molecule has 1 aromatic rings. The Morgan fingerprint density at radius 2 is 2.05 bits per heavy atom. The van der Waals surface area contributed by atoms with Crippen molar-refractivity contribution >= 4 is 11.6 Å². The molecule has 4 N–H and O–H groups in total. The Kier molecular flexibility index (Phi) is 5.11. The molecule has 2 rings (SSSR count). The number of nitrogens with two attached hydrogens (primary N) is 1. The fourth-order valence-electron chi connectivity index (χ4n) is 1.97. The summed E-state index contributed by atoms with van der Waals surface area (Å²) in [5.74, 6) is 7.93. The fraction of sp³-hybridized carbons (Fsp3) is 0.692. The van der Waals surface area contributed by atoms with Crippen molar-refractivity contribution < 1.29 is 9.47 Å². The highest BCUT2D eigenvalue weighted by Crippen LogP contribution is 2.22. The zero-order chi connectivity index (χ0) is 14.5. The van der Waals surface area contributed by atoms with Gasteiger partial charge in [-0.25, -0.2) is 15.8 Å². The van der Waals surface area contributed by atoms with Crippen LogP contribution >= 0.6 is 0 Å². The van der Waals surface area contributed by atoms with Crippen LogP contribution in [0.25, 0.3) is 0 Å². The lowest BCUT2D eigenvalue weighted by molar-refractivity contribution is -0.0819. The molecule has 7 nitrogen and oxygen atoms in total. The summed E-state index contributed by atoms with van der Waals surface area (Å²) in [5, 5.41) is 3.30. The molecule has 0 bridgehead atoms. The zero-order valence-electron chi connectivity index (χ0n) is 12.3. The molecule has 7 heteroatoms. The second-order valence-electron chi connectivity index (χ2n) is 5.15. The minimum absolute atomic E-state index is 0.0508. The predicted molar refractivity (Wildman–Crippen MR) is 77.7 cm³/mol. The molecular weight excluding hydrogens is 258 g/mol. The highest BCUT2D eigenvalue weighted by Gasteiger charge is 2.17. The van der Waals surface area contributed by atoms with Crippen molar-refractivity contribution in [1.82, 2.24) is 9.97 Å². The highest BCUT2D eigenvalue weighted by atomic mass is 16.6. The molecule has 1 aromatic heterocycles. The first-order chi connectivity index (χ1) is 9.61. The van der Waals surface area contributed by atoms with Crippen molar-refractivity contribution in [1.29, 1.82) is 0 Å². The van der Waals surface area contributed by atoms with Crippen LogP contribution in [0.1, 0.15) is 31.2 Å². The van der Waals surface area contributed by atoms with Crippen LogP contribution in [0.4, 0.5) is 11.6 Å². The quantitative estimate of drug-likeness (QED) is 0.548. The van der Waals surface area contributed by atoms with Gasteiger partial charge in [-0.15, -0.1) is 0 Å². The number of nitrogens with one attached hydrogen (secondary N) is 2. The summed E-state index contributed by atoms with van der Waals surface area (Å²) in [6.45, 7) is 8.60. The van der Waals surface area contributed by atoms with Gasteiger partial charge in [0.05, 0.1) is 25.9 Å². The first-order valence-corrected chi connectivity index (χ1v) is 6.90. The lowest BCUT2D eigenvalue weighted by Gasteiger charge is -2.24. The number of hydrogen-bond acceptors (Lipinski definition) is 7. The van der Waals surface area contributed by atoms with Crippen molar-refractivity contribution in [2.45, 2.75) is 32.8 Å². The number of hydrazine groups is 1. The summed E-state index contributed by atoms with van der Waals surface area (Å²) >= 11 is 0. The van der Waals surface area contributed by atoms with Gasteiger partial charge in [-0.1, -0.05) is 13.8 Å². The number of nitrogen functional groups attached to an aromatic ring is 1. The number of nitrogens with zero attached hydrogens (tertiary/aromatic N) is 2. The van der Waals surface area contributed by atoms with Crippen LogP contribution in [-0.2, 0) is 9.47 Å². The second-order valence-corrected chi connectivity index (χ2v) is 5.15. The molecule has 1 aliphatic rings. The van der Waals surface area contributed by atoms with E-state index in [1.807, 2.05) is 20.8 Å². The van der Waals surface area contributed by atoms with Crippen molar-refractivity contribution in [2.75, 3.05) is 37.1 Å². The zero-order valence-corrected chi connectivity index (χ0v) is 12.3. The fourth-order valence-corrected chi connectivity index (χ4v) is 1.97. The van der Waals surface area contributed by atoms with E-state index in [0.29, 0.717) is 32.2 Å². The maximum Gasteiger partial charge on any atom is 0.148 e. The van der Waals surface area contributed by atoms with Gasteiger partial charge >= 0.3 is 0 Å². The molecule has 0 aromatic carbocycles. The molecule has 1 atom stereocenters. The monoisotopic (exact) mass is 281 g/mol. The number of hydrogen-bond donors (Lipinski definition) is 3. The average Bonchev–Trinajstić information content (AvgIpc) is 2.47. The van der Waals surface area contributed by atoms with Gasteiger partial charge in [-0.2, -0.15) is 0 Å². The van der Waals surface area contributed by atoms with Gasteiger partial charge in [0.1, 0.15) is 17.5 Å². The maximum absolute atomic E-state index is 5.60. The Balaban J connectivity index is 2.10. The molecule has 0 amide bonds. The Morgan fingerprint density at radius 3 is 2.65 bits per heavy atom. The number of anilines is 2. The third-order valence-corrected chi connectivity index (χ3v) is 3.20. The Labute approximate surface area is 119 Å². The predicted octanol–water partition coefficient (Wildman–Crippen LogP) is 1.02. The Bertz CT molecular complexity index is 447. The summed E-state index contributed by atoms with van der Waals surface area (Å²) in [7, 11) is 0. The van der Waals surface area contributed by atoms with Gasteiger partial charge in [-0.05, 0) is 6.92 Å². The lowest BCUT2D eigenvalue weighted by atomic mass is 10.2. The third kappa shape index (κ3) is 3.56. The highest BCUT2D eigenvalue weighted by molar-refractivity contribution is 5.56. The van der Waals surface area contributed by atoms with E-state index in [1.165, 1.54) is 0 Å². The van der Waals surface area contributed by atoms with Gasteiger partial charge in [0, 0.05) is 18.0 Å². The van der Waals surface area contributed by atoms with E-state index >= 15 is 0 Å². The minimum Gasteiger partial charge on any atom is -0.376 e. The first-order valence-electron chi connectivity index (χ1n) is 6.90. The first kappa shape index (κ1) is 15.0. The number of rotatable bonds is 5. The van der Waals surface area contributed by atoms with E-state index in [4.69, 9.17) is 15.3 Å². The molecular formula is C13H23N5O2. The largest absolute Gasteiger partial charge is 0.376 e. The minimum atomic E-state index is 0.0508. The SMILES string of the molecule is Cc1c(NN)nc(C(C)C)nc1NCC1COCCO1. The van der Waals surface area contributed by atoms with Gasteiger partial charge in [-0.3, -0.25) is 0 Å². The number of aromatic nitrogens is 2. The number of ether oxygens (including phenoxy) is 2. The van der Waals surface area contributed by atoms with Gasteiger partial charge in [0.15, 0.2) is 0 Å². The Morgan fingerprint density at radius 1 is 1.30 bits per heavy atom. The second kappa shape index (κ2) is 6.83. The van der Waals surface area contributed by atoms with Crippen molar-refractivity contribution in [3.8, 4) is 0 Å². The molecule has 0 radical (unpaired) electrons. The van der Waals surface area contributed by atoms with Crippen LogP contribution in [0.5, 0.6) is 0 Å². The summed E-state index contributed by atoms with van der Waals surface area (Å²) in [6, 6.07) is 0. The van der Waals surface area contributed by atoms with Crippen LogP contribution in [-0.4, -0.2) is 42.4 Å². The van der Waals surface area contributed by atoms with E-state index in [0.717, 1.165) is 17.2 Å². The molecule has 1 saturated heterocycles. The molecule has 0 spiro atoms. The van der Waals surface area contributed by atoms with Gasteiger partial charge in [0.2, 0.25) is 0 Å². The molecule has 2 heterocycles. The summed E-state index contributed by atoms with van der Waals surface area (Å²) in [4.78, 5) is 8.95. The Hall–Kier alpha value is -1.44. The van der Waals surface area contributed by atoms with Crippen LogP contribution in [0, 0.1) is 6.92 Å². The summed E-state index contributed by atoms with van der Waals surface area (Å²) in [5.41, 5.74) is 3.52. The van der Waals surface area contributed by atoms with Crippen molar-refractivity contribution in [2.24, 2.45) is 5.84 Å². The average molecular weight is 281 g/mol. The van der Waals surface area contributed by atoms with E-state index in [1.54, 1.807) is 0 Å². The molecule has 1 fully saturated rings. The van der Waals surface area contributed by atoms with Crippen LogP contribution in [0.3, 0.4) is 0 Å². The van der Waals surface area contributed by atoms with Crippen LogP contribution in [0.15, 0.2) is 0 Å². The van der Waals surface area contributed by atoms with Crippen LogP contribution < -0.4 is 16.6 Å². The molecule has 1 unspecified atom stereocenters. The van der Waals surface area contributed by atoms with Crippen LogP contribution in [0.2, 0.25) is 0 Å². The molecule has 112 valence electrons. The standard InChI is InChI=1S/C13H23N5O2/c1-8(2)11-16-12(9(3)13(17-11)18-14)15-6-10-7-19-4-5-20-10/h8,10H,4-7,14H2,1-3H3,(H2,15,16,17,18). The summed E-state index contributed by atoms with van der Waals surface area (Å²) in [6.07, 6.45) is 0.0508. The van der Waals surface area contributed by atoms with E-state index < -0.39 is 0 Å². The van der Waals surface area contributed by atoms with Gasteiger partial charge < -0.3 is 20.2 Å². The van der Waals surface area contributed by atoms with Crippen molar-refractivity contribution in [3.63, 3.8) is 0 Å². The third-order valence-electron chi connectivity index (χ3n) is 3.20. The smallest absolute Gasteiger partial charge is 0.148 e. The van der Waals surface area contributed by atoms with Gasteiger partial charge in [0.25, 0.3) is 0 Å². The molecule has 0 saturated carbocycles. The molecule has 0 aliphatic carbocycles. The van der Waals surface area contributed by atoms with E-state index in [9.17, 15) is 0 Å². The normalized spacial score (nSPS) is 19.1. The molecule has 1 aliphatic heterocycles. The topological polar surface area (TPSA) is 94.3 Å². The molecule has 20 heavy (non-hydrogen) atoms. The maximum atomic E-state index is 5.60. The van der Waals surface area contributed by atoms with E-state index in [-0.39, 0.29) is 12.0 Å². The van der Waals surface area contributed by atoms with Crippen molar-refractivity contribution in [3.05, 3.63) is 11.4 Å². The lowest BCUT2D eigenvalue weighted by Crippen LogP contribution is -2.34. The summed E-state index contributed by atoms with van der Waals surface area (Å²) < 4.78 is 11.0.